The van der Waals surface area contributed by atoms with E-state index in [0.717, 1.165) is 0 Å². The minimum Gasteiger partial charge on any atom is -0.493 e. The Balaban J connectivity index is 1.72. The Morgan fingerprint density at radius 2 is 1.60 bits per heavy atom. The molecule has 0 aliphatic heterocycles. The first-order valence-corrected chi connectivity index (χ1v) is 9.64. The summed E-state index contributed by atoms with van der Waals surface area (Å²) >= 11 is 0. The topological polar surface area (TPSA) is 83.1 Å². The number of hydrogen-bond donors (Lipinski definition) is 1. The number of ether oxygens (including phenoxy) is 4. The van der Waals surface area contributed by atoms with Crippen molar-refractivity contribution in [1.29, 1.82) is 0 Å². The molecule has 1 amide bonds. The summed E-state index contributed by atoms with van der Waals surface area (Å²) in [5.74, 6) is 0.759. The molecule has 0 bridgehead atoms. The lowest BCUT2D eigenvalue weighted by atomic mass is 9.87. The monoisotopic (exact) mass is 415 g/mol. The molecule has 1 N–H and O–H groups in total. The lowest BCUT2D eigenvalue weighted by Gasteiger charge is -2.19. The van der Waals surface area contributed by atoms with Crippen LogP contribution in [-0.4, -0.2) is 39.3 Å². The first-order chi connectivity index (χ1) is 14.2. The van der Waals surface area contributed by atoms with E-state index in [-0.39, 0.29) is 25.0 Å². The first kappa shape index (κ1) is 23.1. The van der Waals surface area contributed by atoms with Crippen molar-refractivity contribution in [2.75, 3.05) is 32.8 Å². The van der Waals surface area contributed by atoms with Crippen LogP contribution in [0.1, 0.15) is 32.8 Å². The number of benzene rings is 2. The molecule has 7 heteroatoms. The highest BCUT2D eigenvalue weighted by molar-refractivity contribution is 5.93. The molecular weight excluding hydrogens is 386 g/mol. The van der Waals surface area contributed by atoms with Crippen molar-refractivity contribution >= 4 is 17.6 Å². The van der Waals surface area contributed by atoms with Crippen LogP contribution < -0.4 is 19.5 Å². The molecule has 0 aliphatic carbocycles. The summed E-state index contributed by atoms with van der Waals surface area (Å²) in [5.41, 5.74) is 1.78. The Bertz CT molecular complexity index is 855. The Hall–Kier alpha value is -3.22. The number of carbonyl (C=O) groups excluding carboxylic acids is 2. The molecule has 0 heterocycles. The van der Waals surface area contributed by atoms with Gasteiger partial charge in [0.05, 0.1) is 27.2 Å². The fourth-order valence-electron chi connectivity index (χ4n) is 2.63. The van der Waals surface area contributed by atoms with Gasteiger partial charge in [0.25, 0.3) is 5.91 Å². The van der Waals surface area contributed by atoms with E-state index in [2.05, 4.69) is 26.1 Å². The van der Waals surface area contributed by atoms with Gasteiger partial charge in [-0.15, -0.1) is 0 Å². The molecule has 0 atom stereocenters. The van der Waals surface area contributed by atoms with Gasteiger partial charge in [-0.25, -0.2) is 0 Å². The highest BCUT2D eigenvalue weighted by Crippen LogP contribution is 2.29. The maximum absolute atomic E-state index is 12.0. The van der Waals surface area contributed by atoms with Crippen LogP contribution in [0.3, 0.4) is 0 Å². The third kappa shape index (κ3) is 6.99. The molecule has 0 fully saturated rings. The smallest absolute Gasteiger partial charge is 0.309 e. The average molecular weight is 415 g/mol. The minimum atomic E-state index is -0.510. The van der Waals surface area contributed by atoms with Crippen LogP contribution in [0.5, 0.6) is 17.2 Å². The van der Waals surface area contributed by atoms with Crippen LogP contribution in [-0.2, 0) is 19.7 Å². The quantitative estimate of drug-likeness (QED) is 0.625. The third-order valence-electron chi connectivity index (χ3n) is 4.33. The predicted octanol–water partition coefficient (Wildman–Crippen LogP) is 3.95. The fourth-order valence-corrected chi connectivity index (χ4v) is 2.63. The van der Waals surface area contributed by atoms with E-state index in [1.165, 1.54) is 19.8 Å². The van der Waals surface area contributed by atoms with Gasteiger partial charge in [0.1, 0.15) is 5.75 Å². The summed E-state index contributed by atoms with van der Waals surface area (Å²) in [7, 11) is 3.03. The van der Waals surface area contributed by atoms with E-state index in [0.29, 0.717) is 22.9 Å². The van der Waals surface area contributed by atoms with E-state index >= 15 is 0 Å². The van der Waals surface area contributed by atoms with E-state index in [9.17, 15) is 9.59 Å². The lowest BCUT2D eigenvalue weighted by molar-refractivity contribution is -0.147. The zero-order chi connectivity index (χ0) is 22.1. The van der Waals surface area contributed by atoms with E-state index in [1.54, 1.807) is 18.2 Å². The number of carbonyl (C=O) groups is 2. The SMILES string of the molecule is COc1ccc(NC(=O)COC(=O)CCOc2ccc(C(C)(C)C)cc2)cc1OC. The number of nitrogens with one attached hydrogen (secondary N) is 1. The number of anilines is 1. The zero-order valence-corrected chi connectivity index (χ0v) is 18.1. The van der Waals surface area contributed by atoms with Gasteiger partial charge in [0.15, 0.2) is 18.1 Å². The summed E-state index contributed by atoms with van der Waals surface area (Å²) in [5, 5.41) is 2.64. The predicted molar refractivity (Wildman–Crippen MR) is 114 cm³/mol. The number of hydrogen-bond acceptors (Lipinski definition) is 6. The van der Waals surface area contributed by atoms with Crippen molar-refractivity contribution in [3.63, 3.8) is 0 Å². The number of rotatable bonds is 9. The summed E-state index contributed by atoms with van der Waals surface area (Å²) in [6, 6.07) is 12.7. The highest BCUT2D eigenvalue weighted by atomic mass is 16.5. The Morgan fingerprint density at radius 3 is 2.20 bits per heavy atom. The van der Waals surface area contributed by atoms with Crippen LogP contribution in [0.25, 0.3) is 0 Å². The van der Waals surface area contributed by atoms with Crippen molar-refractivity contribution in [1.82, 2.24) is 0 Å². The summed E-state index contributed by atoms with van der Waals surface area (Å²) in [4.78, 5) is 23.8. The highest BCUT2D eigenvalue weighted by Gasteiger charge is 2.13. The molecule has 0 saturated heterocycles. The second-order valence-electron chi connectivity index (χ2n) is 7.65. The molecular formula is C23H29NO6. The molecule has 162 valence electrons. The molecule has 0 aliphatic rings. The number of amides is 1. The maximum Gasteiger partial charge on any atom is 0.309 e. The van der Waals surface area contributed by atoms with Gasteiger partial charge in [0.2, 0.25) is 0 Å². The van der Waals surface area contributed by atoms with Gasteiger partial charge in [0, 0.05) is 11.8 Å². The summed E-state index contributed by atoms with van der Waals surface area (Å²) in [6.07, 6.45) is 0.0463. The van der Waals surface area contributed by atoms with Gasteiger partial charge in [-0.05, 0) is 35.2 Å². The molecule has 0 unspecified atom stereocenters. The summed E-state index contributed by atoms with van der Waals surface area (Å²) in [6.45, 7) is 6.21. The van der Waals surface area contributed by atoms with Crippen molar-refractivity contribution in [2.24, 2.45) is 0 Å². The second kappa shape index (κ2) is 10.5. The normalized spacial score (nSPS) is 10.8. The van der Waals surface area contributed by atoms with E-state index < -0.39 is 11.9 Å². The standard InChI is InChI=1S/C23H29NO6/c1-23(2,3)16-6-9-18(10-7-16)29-13-12-22(26)30-15-21(25)24-17-8-11-19(27-4)20(14-17)28-5/h6-11,14H,12-13,15H2,1-5H3,(H,24,25). The molecule has 2 rings (SSSR count). The molecule has 0 aromatic heterocycles. The Labute approximate surface area is 177 Å². The van der Waals surface area contributed by atoms with Gasteiger partial charge in [-0.2, -0.15) is 0 Å². The molecule has 2 aromatic carbocycles. The Kier molecular flexibility index (Phi) is 8.09. The molecule has 7 nitrogen and oxygen atoms in total. The fraction of sp³-hybridized carbons (Fsp3) is 0.391. The van der Waals surface area contributed by atoms with Crippen LogP contribution in [0, 0.1) is 0 Å². The van der Waals surface area contributed by atoms with Crippen LogP contribution in [0.15, 0.2) is 42.5 Å². The second-order valence-corrected chi connectivity index (χ2v) is 7.65. The van der Waals surface area contributed by atoms with Gasteiger partial charge in [-0.3, -0.25) is 9.59 Å². The van der Waals surface area contributed by atoms with Crippen molar-refractivity contribution < 1.29 is 28.5 Å². The van der Waals surface area contributed by atoms with Crippen LogP contribution in [0.2, 0.25) is 0 Å². The lowest BCUT2D eigenvalue weighted by Crippen LogP contribution is -2.21. The van der Waals surface area contributed by atoms with Gasteiger partial charge < -0.3 is 24.3 Å². The molecule has 0 spiro atoms. The number of methoxy groups -OCH3 is 2. The van der Waals surface area contributed by atoms with Gasteiger partial charge >= 0.3 is 5.97 Å². The van der Waals surface area contributed by atoms with Crippen LogP contribution >= 0.6 is 0 Å². The van der Waals surface area contributed by atoms with Crippen molar-refractivity contribution in [2.45, 2.75) is 32.6 Å². The van der Waals surface area contributed by atoms with E-state index in [4.69, 9.17) is 18.9 Å². The Morgan fingerprint density at radius 1 is 0.933 bits per heavy atom. The molecule has 30 heavy (non-hydrogen) atoms. The largest absolute Gasteiger partial charge is 0.493 e. The average Bonchev–Trinajstić information content (AvgIpc) is 2.72. The van der Waals surface area contributed by atoms with Crippen molar-refractivity contribution in [3.8, 4) is 17.2 Å². The molecule has 2 aromatic rings. The number of esters is 1. The van der Waals surface area contributed by atoms with Crippen molar-refractivity contribution in [3.05, 3.63) is 48.0 Å². The van der Waals surface area contributed by atoms with Crippen LogP contribution in [0.4, 0.5) is 5.69 Å². The van der Waals surface area contributed by atoms with E-state index in [1.807, 2.05) is 24.3 Å². The zero-order valence-electron chi connectivity index (χ0n) is 18.1. The molecule has 0 radical (unpaired) electrons. The third-order valence-corrected chi connectivity index (χ3v) is 4.33. The summed E-state index contributed by atoms with van der Waals surface area (Å²) < 4.78 is 20.9. The minimum absolute atomic E-state index is 0.0463. The van der Waals surface area contributed by atoms with Gasteiger partial charge in [-0.1, -0.05) is 32.9 Å². The maximum atomic E-state index is 12.0. The molecule has 0 saturated carbocycles. The first-order valence-electron chi connectivity index (χ1n) is 9.64.